The second kappa shape index (κ2) is 7.74. The third-order valence-electron chi connectivity index (χ3n) is 1.03. The quantitative estimate of drug-likeness (QED) is 0.423. The van der Waals surface area contributed by atoms with Crippen molar-refractivity contribution in [2.45, 2.75) is 12.5 Å². The number of carbonyl (C=O) groups is 3. The molecule has 1 unspecified atom stereocenters. The first-order valence-electron chi connectivity index (χ1n) is 3.19. The van der Waals surface area contributed by atoms with Crippen LogP contribution in [0.2, 0.25) is 0 Å². The molecule has 0 aromatic rings. The van der Waals surface area contributed by atoms with Crippen LogP contribution >= 0.6 is 0 Å². The third-order valence-corrected chi connectivity index (χ3v) is 1.03. The minimum absolute atomic E-state index is 0. The van der Waals surface area contributed by atoms with E-state index in [1.807, 2.05) is 0 Å². The van der Waals surface area contributed by atoms with Crippen molar-refractivity contribution in [1.29, 1.82) is 0 Å². The molecule has 2 N–H and O–H groups in total. The molecule has 0 rings (SSSR count). The van der Waals surface area contributed by atoms with E-state index >= 15 is 0 Å². The fourth-order valence-corrected chi connectivity index (χ4v) is 0.541. The van der Waals surface area contributed by atoms with Gasteiger partial charge in [-0.2, -0.15) is 0 Å². The molecule has 0 aliphatic heterocycles. The second-order valence-electron chi connectivity index (χ2n) is 2.11. The van der Waals surface area contributed by atoms with Crippen LogP contribution in [-0.4, -0.2) is 40.8 Å². The van der Waals surface area contributed by atoms with E-state index in [-0.39, 0.29) is 29.6 Å². The SMILES string of the molecule is O=C(O)COC(CC(=O)O)C(=O)[O-].[Na+]. The van der Waals surface area contributed by atoms with Crippen LogP contribution < -0.4 is 34.7 Å². The molecule has 0 saturated heterocycles. The van der Waals surface area contributed by atoms with Crippen molar-refractivity contribution in [1.82, 2.24) is 0 Å². The average Bonchev–Trinajstić information content (AvgIpc) is 1.96. The molecule has 0 spiro atoms. The summed E-state index contributed by atoms with van der Waals surface area (Å²) in [5.41, 5.74) is 0. The van der Waals surface area contributed by atoms with Gasteiger partial charge < -0.3 is 24.9 Å². The van der Waals surface area contributed by atoms with Crippen LogP contribution in [0.25, 0.3) is 0 Å². The molecule has 7 nitrogen and oxygen atoms in total. The predicted octanol–water partition coefficient (Wildman–Crippen LogP) is -5.32. The second-order valence-corrected chi connectivity index (χ2v) is 2.11. The number of carboxylic acid groups (broad SMARTS) is 3. The Morgan fingerprint density at radius 2 is 1.71 bits per heavy atom. The number of rotatable bonds is 6. The zero-order valence-electron chi connectivity index (χ0n) is 7.43. The normalized spacial score (nSPS) is 11.1. The molecule has 0 heterocycles. The van der Waals surface area contributed by atoms with Crippen molar-refractivity contribution in [2.75, 3.05) is 6.61 Å². The van der Waals surface area contributed by atoms with Gasteiger partial charge in [0.25, 0.3) is 0 Å². The van der Waals surface area contributed by atoms with E-state index < -0.39 is 37.0 Å². The third kappa shape index (κ3) is 7.99. The maximum absolute atomic E-state index is 10.2. The van der Waals surface area contributed by atoms with Gasteiger partial charge in [-0.05, 0) is 0 Å². The number of aliphatic carboxylic acids is 3. The molecule has 0 aliphatic rings. The molecule has 0 aromatic carbocycles. The van der Waals surface area contributed by atoms with Crippen LogP contribution in [0.3, 0.4) is 0 Å². The van der Waals surface area contributed by atoms with E-state index in [9.17, 15) is 19.5 Å². The number of ether oxygens (including phenoxy) is 1. The summed E-state index contributed by atoms with van der Waals surface area (Å²) >= 11 is 0. The van der Waals surface area contributed by atoms with E-state index in [0.29, 0.717) is 0 Å². The topological polar surface area (TPSA) is 124 Å². The van der Waals surface area contributed by atoms with Crippen molar-refractivity contribution in [2.24, 2.45) is 0 Å². The molecule has 14 heavy (non-hydrogen) atoms. The van der Waals surface area contributed by atoms with E-state index in [0.717, 1.165) is 0 Å². The van der Waals surface area contributed by atoms with Gasteiger partial charge in [-0.25, -0.2) is 4.79 Å². The summed E-state index contributed by atoms with van der Waals surface area (Å²) in [6.07, 6.45) is -2.55. The van der Waals surface area contributed by atoms with E-state index in [1.54, 1.807) is 0 Å². The molecule has 0 radical (unpaired) electrons. The molecule has 0 aliphatic carbocycles. The summed E-state index contributed by atoms with van der Waals surface area (Å²) in [6.45, 7) is -0.869. The van der Waals surface area contributed by atoms with Crippen LogP contribution in [0.1, 0.15) is 6.42 Å². The fraction of sp³-hybridized carbons (Fsp3) is 0.500. The first-order chi connectivity index (χ1) is 5.93. The summed E-state index contributed by atoms with van der Waals surface area (Å²) in [4.78, 5) is 30.1. The Kier molecular flexibility index (Phi) is 8.75. The number of hydrogen-bond donors (Lipinski definition) is 2. The van der Waals surface area contributed by atoms with Crippen LogP contribution in [0.5, 0.6) is 0 Å². The zero-order valence-corrected chi connectivity index (χ0v) is 9.43. The molecule has 8 heteroatoms. The minimum atomic E-state index is -1.75. The molecule has 1 atom stereocenters. The fourth-order valence-electron chi connectivity index (χ4n) is 0.541. The maximum Gasteiger partial charge on any atom is 1.00 e. The Bertz CT molecular complexity index is 226. The molecule has 0 aromatic heterocycles. The molecule has 0 amide bonds. The van der Waals surface area contributed by atoms with E-state index in [1.165, 1.54) is 0 Å². The van der Waals surface area contributed by atoms with E-state index in [4.69, 9.17) is 10.2 Å². The Hall–Kier alpha value is -0.630. The van der Waals surface area contributed by atoms with Gasteiger partial charge in [-0.15, -0.1) is 0 Å². The largest absolute Gasteiger partial charge is 1.00 e. The summed E-state index contributed by atoms with van der Waals surface area (Å²) in [5, 5.41) is 26.4. The Labute approximate surface area is 101 Å². The zero-order chi connectivity index (χ0) is 10.4. The first-order valence-corrected chi connectivity index (χ1v) is 3.19. The van der Waals surface area contributed by atoms with Crippen LogP contribution in [0.4, 0.5) is 0 Å². The smallest absolute Gasteiger partial charge is 0.547 e. The molecular formula is C6H7NaO7. The average molecular weight is 214 g/mol. The molecule has 0 fully saturated rings. The van der Waals surface area contributed by atoms with Gasteiger partial charge in [-0.3, -0.25) is 4.79 Å². The van der Waals surface area contributed by atoms with Gasteiger partial charge in [-0.1, -0.05) is 0 Å². The molecule has 74 valence electrons. The number of carbonyl (C=O) groups excluding carboxylic acids is 1. The molecule has 0 bridgehead atoms. The Morgan fingerprint density at radius 1 is 1.21 bits per heavy atom. The Balaban J connectivity index is 0. The van der Waals surface area contributed by atoms with Crippen molar-refractivity contribution >= 4 is 17.9 Å². The van der Waals surface area contributed by atoms with Crippen molar-refractivity contribution in [3.8, 4) is 0 Å². The maximum atomic E-state index is 10.2. The number of hydrogen-bond acceptors (Lipinski definition) is 5. The summed E-state index contributed by atoms with van der Waals surface area (Å²) in [7, 11) is 0. The van der Waals surface area contributed by atoms with Gasteiger partial charge >= 0.3 is 41.5 Å². The van der Waals surface area contributed by atoms with Crippen molar-refractivity contribution in [3.05, 3.63) is 0 Å². The summed E-state index contributed by atoms with van der Waals surface area (Å²) in [5.74, 6) is -4.53. The van der Waals surface area contributed by atoms with Gasteiger partial charge in [0, 0.05) is 0 Å². The standard InChI is InChI=1S/C6H8O7.Na/c7-4(8)1-3(6(11)12)13-2-5(9)10;/h3H,1-2H2,(H,7,8)(H,9,10)(H,11,12);/q;+1/p-1. The van der Waals surface area contributed by atoms with Gasteiger partial charge in [0.2, 0.25) is 0 Å². The summed E-state index contributed by atoms with van der Waals surface area (Å²) in [6, 6.07) is 0. The van der Waals surface area contributed by atoms with Crippen molar-refractivity contribution < 1.29 is 64.0 Å². The van der Waals surface area contributed by atoms with Gasteiger partial charge in [0.1, 0.15) is 12.7 Å². The monoisotopic (exact) mass is 214 g/mol. The molecular weight excluding hydrogens is 207 g/mol. The first kappa shape index (κ1) is 15.8. The number of carboxylic acids is 3. The Morgan fingerprint density at radius 3 is 2.00 bits per heavy atom. The predicted molar refractivity (Wildman–Crippen MR) is 34.6 cm³/mol. The van der Waals surface area contributed by atoms with Gasteiger partial charge in [0.15, 0.2) is 0 Å². The van der Waals surface area contributed by atoms with E-state index in [2.05, 4.69) is 4.74 Å². The summed E-state index contributed by atoms with van der Waals surface area (Å²) < 4.78 is 4.23. The van der Waals surface area contributed by atoms with Crippen LogP contribution in [0, 0.1) is 0 Å². The van der Waals surface area contributed by atoms with Gasteiger partial charge in [0.05, 0.1) is 12.4 Å². The minimum Gasteiger partial charge on any atom is -0.547 e. The molecule has 0 saturated carbocycles. The van der Waals surface area contributed by atoms with Crippen molar-refractivity contribution in [3.63, 3.8) is 0 Å². The van der Waals surface area contributed by atoms with Crippen LogP contribution in [-0.2, 0) is 19.1 Å². The van der Waals surface area contributed by atoms with Crippen LogP contribution in [0.15, 0.2) is 0 Å².